The lowest BCUT2D eigenvalue weighted by Gasteiger charge is -2.12. The van der Waals surface area contributed by atoms with Gasteiger partial charge in [0.05, 0.1) is 0 Å². The van der Waals surface area contributed by atoms with Gasteiger partial charge < -0.3 is 10.5 Å². The van der Waals surface area contributed by atoms with Gasteiger partial charge in [0.25, 0.3) is 0 Å². The molecule has 3 heteroatoms. The van der Waals surface area contributed by atoms with Crippen molar-refractivity contribution in [3.63, 3.8) is 0 Å². The summed E-state index contributed by atoms with van der Waals surface area (Å²) in [6.45, 7) is 2.96. The van der Waals surface area contributed by atoms with Gasteiger partial charge in [-0.2, -0.15) is 0 Å². The number of halogens is 1. The third-order valence-corrected chi connectivity index (χ3v) is 3.15. The molecule has 2 aromatic carbocycles. The van der Waals surface area contributed by atoms with Crippen molar-refractivity contribution in [3.05, 3.63) is 64.2 Å². The molecule has 0 amide bonds. The molecule has 0 atom stereocenters. The topological polar surface area (TPSA) is 35.2 Å². The summed E-state index contributed by atoms with van der Waals surface area (Å²) in [6.07, 6.45) is 0. The number of aryl methyl sites for hydroxylation is 1. The van der Waals surface area contributed by atoms with E-state index in [4.69, 9.17) is 22.1 Å². The maximum Gasteiger partial charge on any atom is 0.124 e. The average molecular weight is 262 g/mol. The molecule has 0 bridgehead atoms. The number of hydrogen-bond donors (Lipinski definition) is 1. The van der Waals surface area contributed by atoms with Crippen LogP contribution in [0.3, 0.4) is 0 Å². The second kappa shape index (κ2) is 5.89. The first-order chi connectivity index (χ1) is 8.70. The van der Waals surface area contributed by atoms with E-state index in [1.807, 2.05) is 49.4 Å². The molecule has 94 valence electrons. The summed E-state index contributed by atoms with van der Waals surface area (Å²) in [4.78, 5) is 0. The highest BCUT2D eigenvalue weighted by atomic mass is 35.5. The molecule has 0 spiro atoms. The molecule has 0 aliphatic heterocycles. The summed E-state index contributed by atoms with van der Waals surface area (Å²) in [5.41, 5.74) is 8.83. The van der Waals surface area contributed by atoms with Crippen molar-refractivity contribution < 1.29 is 4.74 Å². The van der Waals surface area contributed by atoms with Gasteiger partial charge in [-0.05, 0) is 24.6 Å². The van der Waals surface area contributed by atoms with E-state index in [1.165, 1.54) is 0 Å². The van der Waals surface area contributed by atoms with E-state index in [-0.39, 0.29) is 0 Å². The lowest BCUT2D eigenvalue weighted by Crippen LogP contribution is -2.03. The van der Waals surface area contributed by atoms with Crippen LogP contribution in [0.1, 0.15) is 16.7 Å². The van der Waals surface area contributed by atoms with E-state index in [1.54, 1.807) is 0 Å². The molecule has 0 aliphatic rings. The Morgan fingerprint density at radius 1 is 1.11 bits per heavy atom. The second-order valence-electron chi connectivity index (χ2n) is 4.20. The molecule has 0 aliphatic carbocycles. The first-order valence-corrected chi connectivity index (χ1v) is 6.24. The number of ether oxygens (including phenoxy) is 1. The van der Waals surface area contributed by atoms with E-state index in [9.17, 15) is 0 Å². The van der Waals surface area contributed by atoms with Crippen molar-refractivity contribution in [3.8, 4) is 5.75 Å². The minimum absolute atomic E-state index is 0.454. The van der Waals surface area contributed by atoms with E-state index in [0.717, 1.165) is 27.5 Å². The summed E-state index contributed by atoms with van der Waals surface area (Å²) in [5, 5.41) is 0.722. The SMILES string of the molecule is Cc1ccc(CN)c(OCc2ccccc2Cl)c1. The highest BCUT2D eigenvalue weighted by Gasteiger charge is 2.04. The van der Waals surface area contributed by atoms with Crippen LogP contribution in [0.4, 0.5) is 0 Å². The van der Waals surface area contributed by atoms with E-state index in [2.05, 4.69) is 0 Å². The zero-order valence-corrected chi connectivity index (χ0v) is 11.1. The van der Waals surface area contributed by atoms with Gasteiger partial charge in [-0.3, -0.25) is 0 Å². The van der Waals surface area contributed by atoms with Gasteiger partial charge in [0.1, 0.15) is 12.4 Å². The summed E-state index contributed by atoms with van der Waals surface area (Å²) in [6, 6.07) is 13.7. The molecule has 2 N–H and O–H groups in total. The highest BCUT2D eigenvalue weighted by Crippen LogP contribution is 2.23. The predicted molar refractivity (Wildman–Crippen MR) is 74.9 cm³/mol. The highest BCUT2D eigenvalue weighted by molar-refractivity contribution is 6.31. The third kappa shape index (κ3) is 3.03. The minimum Gasteiger partial charge on any atom is -0.489 e. The third-order valence-electron chi connectivity index (χ3n) is 2.78. The van der Waals surface area contributed by atoms with Crippen molar-refractivity contribution in [2.45, 2.75) is 20.1 Å². The summed E-state index contributed by atoms with van der Waals surface area (Å²) >= 11 is 6.09. The molecular formula is C15H16ClNO. The molecule has 2 nitrogen and oxygen atoms in total. The summed E-state index contributed by atoms with van der Waals surface area (Å²) in [7, 11) is 0. The van der Waals surface area contributed by atoms with Gasteiger partial charge in [0, 0.05) is 22.7 Å². The molecule has 0 saturated heterocycles. The molecule has 0 radical (unpaired) electrons. The van der Waals surface area contributed by atoms with E-state index >= 15 is 0 Å². The fourth-order valence-electron chi connectivity index (χ4n) is 1.74. The van der Waals surface area contributed by atoms with Gasteiger partial charge in [-0.1, -0.05) is 41.9 Å². The molecule has 0 aromatic heterocycles. The smallest absolute Gasteiger partial charge is 0.124 e. The Balaban J connectivity index is 2.15. The molecule has 0 unspecified atom stereocenters. The normalized spacial score (nSPS) is 10.4. The Morgan fingerprint density at radius 2 is 1.89 bits per heavy atom. The van der Waals surface area contributed by atoms with Crippen molar-refractivity contribution >= 4 is 11.6 Å². The first-order valence-electron chi connectivity index (χ1n) is 5.86. The maximum absolute atomic E-state index is 6.09. The largest absolute Gasteiger partial charge is 0.489 e. The van der Waals surface area contributed by atoms with Gasteiger partial charge in [-0.15, -0.1) is 0 Å². The minimum atomic E-state index is 0.454. The van der Waals surface area contributed by atoms with Crippen LogP contribution < -0.4 is 10.5 Å². The van der Waals surface area contributed by atoms with Gasteiger partial charge in [0.2, 0.25) is 0 Å². The predicted octanol–water partition coefficient (Wildman–Crippen LogP) is 3.69. The number of hydrogen-bond acceptors (Lipinski definition) is 2. The quantitative estimate of drug-likeness (QED) is 0.911. The van der Waals surface area contributed by atoms with Crippen LogP contribution >= 0.6 is 11.6 Å². The first kappa shape index (κ1) is 12.9. The van der Waals surface area contributed by atoms with Crippen LogP contribution in [0.15, 0.2) is 42.5 Å². The molecule has 0 saturated carbocycles. The Kier molecular flexibility index (Phi) is 4.24. The zero-order chi connectivity index (χ0) is 13.0. The lowest BCUT2D eigenvalue weighted by atomic mass is 10.1. The molecule has 2 rings (SSSR count). The van der Waals surface area contributed by atoms with Crippen LogP contribution in [0, 0.1) is 6.92 Å². The van der Waals surface area contributed by atoms with Crippen LogP contribution in [0.5, 0.6) is 5.75 Å². The Labute approximate surface area is 112 Å². The number of nitrogens with two attached hydrogens (primary N) is 1. The average Bonchev–Trinajstić information content (AvgIpc) is 2.38. The molecule has 2 aromatic rings. The van der Waals surface area contributed by atoms with Crippen molar-refractivity contribution in [1.29, 1.82) is 0 Å². The van der Waals surface area contributed by atoms with Crippen LogP contribution in [0.25, 0.3) is 0 Å². The molecule has 0 heterocycles. The standard InChI is InChI=1S/C15H16ClNO/c1-11-6-7-12(9-17)15(8-11)18-10-13-4-2-3-5-14(13)16/h2-8H,9-10,17H2,1H3. The van der Waals surface area contributed by atoms with Gasteiger partial charge in [0.15, 0.2) is 0 Å². The number of rotatable bonds is 4. The van der Waals surface area contributed by atoms with Crippen LogP contribution in [-0.2, 0) is 13.2 Å². The van der Waals surface area contributed by atoms with Crippen molar-refractivity contribution in [2.24, 2.45) is 5.73 Å². The van der Waals surface area contributed by atoms with Gasteiger partial charge in [-0.25, -0.2) is 0 Å². The van der Waals surface area contributed by atoms with Gasteiger partial charge >= 0.3 is 0 Å². The molecule has 0 fully saturated rings. The molecule has 18 heavy (non-hydrogen) atoms. The monoisotopic (exact) mass is 261 g/mol. The fraction of sp³-hybridized carbons (Fsp3) is 0.200. The number of benzene rings is 2. The second-order valence-corrected chi connectivity index (χ2v) is 4.60. The lowest BCUT2D eigenvalue weighted by molar-refractivity contribution is 0.303. The fourth-order valence-corrected chi connectivity index (χ4v) is 1.93. The van der Waals surface area contributed by atoms with E-state index < -0.39 is 0 Å². The van der Waals surface area contributed by atoms with Crippen molar-refractivity contribution in [1.82, 2.24) is 0 Å². The maximum atomic E-state index is 6.09. The van der Waals surface area contributed by atoms with Crippen LogP contribution in [0.2, 0.25) is 5.02 Å². The Morgan fingerprint density at radius 3 is 2.61 bits per heavy atom. The van der Waals surface area contributed by atoms with Crippen molar-refractivity contribution in [2.75, 3.05) is 0 Å². The van der Waals surface area contributed by atoms with Crippen LogP contribution in [-0.4, -0.2) is 0 Å². The molecular weight excluding hydrogens is 246 g/mol. The Hall–Kier alpha value is -1.51. The summed E-state index contributed by atoms with van der Waals surface area (Å²) < 4.78 is 5.81. The summed E-state index contributed by atoms with van der Waals surface area (Å²) in [5.74, 6) is 0.831. The van der Waals surface area contributed by atoms with E-state index in [0.29, 0.717) is 13.2 Å². The Bertz CT molecular complexity index is 540. The zero-order valence-electron chi connectivity index (χ0n) is 10.3.